The van der Waals surface area contributed by atoms with Crippen LogP contribution in [0.2, 0.25) is 0 Å². The van der Waals surface area contributed by atoms with Gasteiger partial charge >= 0.3 is 0 Å². The number of nitrogens with one attached hydrogen (secondary N) is 1. The van der Waals surface area contributed by atoms with Crippen LogP contribution >= 0.6 is 0 Å². The van der Waals surface area contributed by atoms with Gasteiger partial charge in [-0.1, -0.05) is 0 Å². The molecular weight excluding hydrogens is 370 g/mol. The van der Waals surface area contributed by atoms with Gasteiger partial charge in [0.2, 0.25) is 5.91 Å². The molecule has 1 aromatic heterocycles. The summed E-state index contributed by atoms with van der Waals surface area (Å²) >= 11 is 0. The highest BCUT2D eigenvalue weighted by molar-refractivity contribution is 5.97. The predicted octanol–water partition coefficient (Wildman–Crippen LogP) is 3.25. The lowest BCUT2D eigenvalue weighted by Gasteiger charge is -2.31. The van der Waals surface area contributed by atoms with E-state index in [0.717, 1.165) is 12.8 Å². The maximum absolute atomic E-state index is 12.7. The molecule has 154 valence electrons. The van der Waals surface area contributed by atoms with Crippen molar-refractivity contribution in [3.05, 3.63) is 54.0 Å². The first-order valence-electron chi connectivity index (χ1n) is 10.0. The Balaban J connectivity index is 1.59. The molecular formula is C22H27N3O4. The van der Waals surface area contributed by atoms with Gasteiger partial charge in [-0.05, 0) is 57.0 Å². The van der Waals surface area contributed by atoms with Crippen LogP contribution in [-0.2, 0) is 4.79 Å². The molecule has 29 heavy (non-hydrogen) atoms. The van der Waals surface area contributed by atoms with Crippen LogP contribution in [0.5, 0.6) is 0 Å². The number of anilines is 1. The fraction of sp³-hybridized carbons (Fsp3) is 0.409. The Bertz CT molecular complexity index is 841. The van der Waals surface area contributed by atoms with Crippen LogP contribution in [-0.4, -0.2) is 53.7 Å². The maximum atomic E-state index is 12.7. The van der Waals surface area contributed by atoms with E-state index in [1.54, 1.807) is 40.1 Å². The van der Waals surface area contributed by atoms with E-state index in [4.69, 9.17) is 4.42 Å². The van der Waals surface area contributed by atoms with E-state index in [1.807, 2.05) is 13.8 Å². The Morgan fingerprint density at radius 2 is 1.83 bits per heavy atom. The molecule has 0 saturated carbocycles. The van der Waals surface area contributed by atoms with Crippen LogP contribution in [0.4, 0.5) is 5.69 Å². The SMILES string of the molecule is CCN(CC)C(=O)c1ccc(NC(=O)[C@@H]2CCCN(C(=O)c3ccoc3)C2)cc1. The fourth-order valence-electron chi connectivity index (χ4n) is 3.58. The van der Waals surface area contributed by atoms with E-state index in [0.29, 0.717) is 43.0 Å². The second-order valence-corrected chi connectivity index (χ2v) is 7.15. The molecule has 0 radical (unpaired) electrons. The molecule has 7 heteroatoms. The Morgan fingerprint density at radius 3 is 2.45 bits per heavy atom. The monoisotopic (exact) mass is 397 g/mol. The van der Waals surface area contributed by atoms with Gasteiger partial charge in [0.05, 0.1) is 17.7 Å². The Kier molecular flexibility index (Phi) is 6.69. The molecule has 7 nitrogen and oxygen atoms in total. The third kappa shape index (κ3) is 4.85. The van der Waals surface area contributed by atoms with E-state index in [1.165, 1.54) is 12.5 Å². The van der Waals surface area contributed by atoms with Gasteiger partial charge in [0.15, 0.2) is 0 Å². The summed E-state index contributed by atoms with van der Waals surface area (Å²) in [5.41, 5.74) is 1.74. The number of likely N-dealkylation sites (tertiary alicyclic amines) is 1. The molecule has 1 aromatic carbocycles. The highest BCUT2D eigenvalue weighted by Crippen LogP contribution is 2.21. The highest BCUT2D eigenvalue weighted by atomic mass is 16.3. The molecule has 2 heterocycles. The van der Waals surface area contributed by atoms with Crippen LogP contribution in [0.3, 0.4) is 0 Å². The Labute approximate surface area is 170 Å². The van der Waals surface area contributed by atoms with E-state index >= 15 is 0 Å². The van der Waals surface area contributed by atoms with E-state index in [9.17, 15) is 14.4 Å². The number of carbonyl (C=O) groups excluding carboxylic acids is 3. The predicted molar refractivity (Wildman–Crippen MR) is 110 cm³/mol. The molecule has 0 unspecified atom stereocenters. The highest BCUT2D eigenvalue weighted by Gasteiger charge is 2.29. The van der Waals surface area contributed by atoms with Gasteiger partial charge in [0.25, 0.3) is 11.8 Å². The summed E-state index contributed by atoms with van der Waals surface area (Å²) < 4.78 is 4.98. The van der Waals surface area contributed by atoms with Crippen molar-refractivity contribution < 1.29 is 18.8 Å². The van der Waals surface area contributed by atoms with Gasteiger partial charge in [-0.2, -0.15) is 0 Å². The zero-order valence-electron chi connectivity index (χ0n) is 16.9. The van der Waals surface area contributed by atoms with E-state index in [-0.39, 0.29) is 23.6 Å². The standard InChI is InChI=1S/C22H27N3O4/c1-3-24(4-2)21(27)16-7-9-19(10-8-16)23-20(26)17-6-5-12-25(14-17)22(28)18-11-13-29-15-18/h7-11,13,15,17H,3-6,12,14H2,1-2H3,(H,23,26)/t17-/m1/s1. The van der Waals surface area contributed by atoms with Crippen molar-refractivity contribution in [3.8, 4) is 0 Å². The van der Waals surface area contributed by atoms with E-state index < -0.39 is 0 Å². The lowest BCUT2D eigenvalue weighted by atomic mass is 9.96. The molecule has 0 spiro atoms. The third-order valence-corrected chi connectivity index (χ3v) is 5.30. The lowest BCUT2D eigenvalue weighted by Crippen LogP contribution is -2.43. The maximum Gasteiger partial charge on any atom is 0.257 e. The van der Waals surface area contributed by atoms with Gasteiger partial charge in [-0.15, -0.1) is 0 Å². The third-order valence-electron chi connectivity index (χ3n) is 5.30. The topological polar surface area (TPSA) is 82.9 Å². The second-order valence-electron chi connectivity index (χ2n) is 7.15. The molecule has 3 rings (SSSR count). The Morgan fingerprint density at radius 1 is 1.10 bits per heavy atom. The smallest absolute Gasteiger partial charge is 0.257 e. The van der Waals surface area contributed by atoms with Crippen molar-refractivity contribution in [1.82, 2.24) is 9.80 Å². The molecule has 0 aliphatic carbocycles. The van der Waals surface area contributed by atoms with Gasteiger partial charge < -0.3 is 19.5 Å². The minimum Gasteiger partial charge on any atom is -0.472 e. The normalized spacial score (nSPS) is 16.3. The quantitative estimate of drug-likeness (QED) is 0.811. The molecule has 3 amide bonds. The summed E-state index contributed by atoms with van der Waals surface area (Å²) in [7, 11) is 0. The van der Waals surface area contributed by atoms with Crippen molar-refractivity contribution >= 4 is 23.4 Å². The first kappa shape index (κ1) is 20.6. The van der Waals surface area contributed by atoms with E-state index in [2.05, 4.69) is 5.32 Å². The molecule has 1 aliphatic heterocycles. The van der Waals surface area contributed by atoms with Gasteiger partial charge in [0.1, 0.15) is 6.26 Å². The van der Waals surface area contributed by atoms with Gasteiger partial charge in [-0.3, -0.25) is 14.4 Å². The zero-order valence-corrected chi connectivity index (χ0v) is 16.9. The van der Waals surface area contributed by atoms with Crippen molar-refractivity contribution in [3.63, 3.8) is 0 Å². The number of carbonyl (C=O) groups is 3. The fourth-order valence-corrected chi connectivity index (χ4v) is 3.58. The van der Waals surface area contributed by atoms with Crippen molar-refractivity contribution in [1.29, 1.82) is 0 Å². The summed E-state index contributed by atoms with van der Waals surface area (Å²) in [5, 5.41) is 2.91. The lowest BCUT2D eigenvalue weighted by molar-refractivity contribution is -0.121. The van der Waals surface area contributed by atoms with Crippen molar-refractivity contribution in [2.75, 3.05) is 31.5 Å². The Hall–Kier alpha value is -3.09. The number of furan rings is 1. The summed E-state index contributed by atoms with van der Waals surface area (Å²) in [6.45, 7) is 6.22. The molecule has 1 saturated heterocycles. The van der Waals surface area contributed by atoms with Crippen molar-refractivity contribution in [2.45, 2.75) is 26.7 Å². The number of hydrogen-bond donors (Lipinski definition) is 1. The van der Waals surface area contributed by atoms with Gasteiger partial charge in [0, 0.05) is 37.4 Å². The average molecular weight is 397 g/mol. The van der Waals surface area contributed by atoms with Crippen LogP contribution in [0.25, 0.3) is 0 Å². The summed E-state index contributed by atoms with van der Waals surface area (Å²) in [6.07, 6.45) is 4.40. The number of hydrogen-bond acceptors (Lipinski definition) is 4. The molecule has 2 aromatic rings. The van der Waals surface area contributed by atoms with Gasteiger partial charge in [-0.25, -0.2) is 0 Å². The summed E-state index contributed by atoms with van der Waals surface area (Å²) in [5.74, 6) is -0.516. The van der Waals surface area contributed by atoms with Crippen LogP contribution in [0, 0.1) is 5.92 Å². The molecule has 1 fully saturated rings. The number of nitrogens with zero attached hydrogens (tertiary/aromatic N) is 2. The molecule has 1 atom stereocenters. The van der Waals surface area contributed by atoms with Crippen molar-refractivity contribution in [2.24, 2.45) is 5.92 Å². The second kappa shape index (κ2) is 9.41. The first-order chi connectivity index (χ1) is 14.0. The van der Waals surface area contributed by atoms with Crippen LogP contribution in [0.1, 0.15) is 47.4 Å². The largest absolute Gasteiger partial charge is 0.472 e. The molecule has 1 N–H and O–H groups in total. The molecule has 0 bridgehead atoms. The minimum atomic E-state index is -0.267. The number of piperidine rings is 1. The average Bonchev–Trinajstić information content (AvgIpc) is 3.29. The zero-order chi connectivity index (χ0) is 20.8. The summed E-state index contributed by atoms with van der Waals surface area (Å²) in [6, 6.07) is 8.57. The van der Waals surface area contributed by atoms with Crippen LogP contribution < -0.4 is 5.32 Å². The first-order valence-corrected chi connectivity index (χ1v) is 10.0. The number of amides is 3. The molecule has 1 aliphatic rings. The number of rotatable bonds is 6. The summed E-state index contributed by atoms with van der Waals surface area (Å²) in [4.78, 5) is 41.0. The number of benzene rings is 1. The van der Waals surface area contributed by atoms with Crippen LogP contribution in [0.15, 0.2) is 47.3 Å². The minimum absolute atomic E-state index is 0.0199.